The molecule has 0 radical (unpaired) electrons. The molecule has 0 aromatic carbocycles. The van der Waals surface area contributed by atoms with Crippen LogP contribution in [-0.2, 0) is 0 Å². The molecule has 0 amide bonds. The molecule has 90 valence electrons. The molecule has 0 bridgehead atoms. The van der Waals surface area contributed by atoms with Crippen LogP contribution in [0.2, 0.25) is 0 Å². The van der Waals surface area contributed by atoms with Gasteiger partial charge in [0.15, 0.2) is 0 Å². The summed E-state index contributed by atoms with van der Waals surface area (Å²) < 4.78 is 10.2. The largest absolute Gasteiger partial charge is 0.494 e. The van der Waals surface area contributed by atoms with Crippen LogP contribution in [0.25, 0.3) is 11.5 Å². The molecule has 0 aliphatic carbocycles. The first-order valence-corrected chi connectivity index (χ1v) is 5.26. The van der Waals surface area contributed by atoms with Gasteiger partial charge < -0.3 is 14.4 Å². The maximum Gasteiger partial charge on any atom is 0.261 e. The Morgan fingerprint density at radius 3 is 3.06 bits per heavy atom. The summed E-state index contributed by atoms with van der Waals surface area (Å²) in [6.45, 7) is 1.84. The molecule has 2 aromatic rings. The Morgan fingerprint density at radius 2 is 2.35 bits per heavy atom. The fourth-order valence-corrected chi connectivity index (χ4v) is 1.38. The smallest absolute Gasteiger partial charge is 0.261 e. The Labute approximate surface area is 98.3 Å². The Hall–Kier alpha value is -1.95. The second-order valence-electron chi connectivity index (χ2n) is 3.46. The summed E-state index contributed by atoms with van der Waals surface area (Å²) in [5.41, 5.74) is 0.657. The molecule has 0 saturated heterocycles. The zero-order valence-electron chi connectivity index (χ0n) is 9.62. The monoisotopic (exact) mass is 235 g/mol. The van der Waals surface area contributed by atoms with E-state index in [0.29, 0.717) is 23.6 Å². The second-order valence-corrected chi connectivity index (χ2v) is 3.46. The van der Waals surface area contributed by atoms with Crippen LogP contribution in [0.4, 0.5) is 0 Å². The van der Waals surface area contributed by atoms with Gasteiger partial charge in [-0.15, -0.1) is 0 Å². The summed E-state index contributed by atoms with van der Waals surface area (Å²) >= 11 is 0. The summed E-state index contributed by atoms with van der Waals surface area (Å²) in [5.74, 6) is 1.14. The Kier molecular flexibility index (Phi) is 3.34. The molecule has 0 fully saturated rings. The third-order valence-electron chi connectivity index (χ3n) is 2.36. The van der Waals surface area contributed by atoms with E-state index in [9.17, 15) is 5.11 Å². The number of aliphatic hydroxyl groups is 1. The molecule has 6 nitrogen and oxygen atoms in total. The third kappa shape index (κ3) is 2.26. The summed E-state index contributed by atoms with van der Waals surface area (Å²) in [6, 6.07) is 1.72. The molecule has 1 unspecified atom stereocenters. The minimum Gasteiger partial charge on any atom is -0.494 e. The number of hydrogen-bond acceptors (Lipinski definition) is 6. The molecular weight excluding hydrogens is 222 g/mol. The van der Waals surface area contributed by atoms with Crippen molar-refractivity contribution in [3.8, 4) is 17.2 Å². The van der Waals surface area contributed by atoms with E-state index in [1.54, 1.807) is 25.6 Å². The Morgan fingerprint density at radius 1 is 1.53 bits per heavy atom. The topological polar surface area (TPSA) is 81.3 Å². The number of pyridine rings is 1. The normalized spacial score (nSPS) is 12.4. The van der Waals surface area contributed by atoms with Crippen molar-refractivity contribution in [1.29, 1.82) is 0 Å². The molecule has 0 saturated carbocycles. The molecule has 2 aromatic heterocycles. The van der Waals surface area contributed by atoms with Crippen molar-refractivity contribution in [3.63, 3.8) is 0 Å². The van der Waals surface area contributed by atoms with Crippen molar-refractivity contribution in [2.45, 2.75) is 19.4 Å². The maximum absolute atomic E-state index is 9.59. The SMILES string of the molecule is CCC(O)c1noc(-c2ccncc2OC)n1. The number of hydrogen-bond donors (Lipinski definition) is 1. The maximum atomic E-state index is 9.59. The van der Waals surface area contributed by atoms with E-state index < -0.39 is 6.10 Å². The lowest BCUT2D eigenvalue weighted by Crippen LogP contribution is -1.97. The van der Waals surface area contributed by atoms with Crippen LogP contribution in [0.5, 0.6) is 5.75 Å². The molecule has 6 heteroatoms. The van der Waals surface area contributed by atoms with Gasteiger partial charge in [0, 0.05) is 6.20 Å². The van der Waals surface area contributed by atoms with E-state index in [-0.39, 0.29) is 5.82 Å². The van der Waals surface area contributed by atoms with E-state index in [1.165, 1.54) is 0 Å². The van der Waals surface area contributed by atoms with E-state index >= 15 is 0 Å². The minimum atomic E-state index is -0.708. The predicted octanol–water partition coefficient (Wildman–Crippen LogP) is 1.58. The predicted molar refractivity (Wildman–Crippen MR) is 59.3 cm³/mol. The Bertz CT molecular complexity index is 498. The summed E-state index contributed by atoms with van der Waals surface area (Å²) in [5, 5.41) is 13.3. The number of methoxy groups -OCH3 is 1. The average molecular weight is 235 g/mol. The number of ether oxygens (including phenoxy) is 1. The lowest BCUT2D eigenvalue weighted by atomic mass is 10.2. The lowest BCUT2D eigenvalue weighted by molar-refractivity contribution is 0.159. The highest BCUT2D eigenvalue weighted by molar-refractivity contribution is 5.61. The first-order valence-electron chi connectivity index (χ1n) is 5.26. The summed E-state index contributed by atoms with van der Waals surface area (Å²) in [7, 11) is 1.54. The standard InChI is InChI=1S/C11H13N3O3/c1-3-8(15)10-13-11(17-14-10)7-4-5-12-6-9(7)16-2/h4-6,8,15H,3H2,1-2H3. The molecule has 0 spiro atoms. The van der Waals surface area contributed by atoms with Crippen LogP contribution >= 0.6 is 0 Å². The number of aliphatic hydroxyl groups excluding tert-OH is 1. The molecule has 0 aliphatic heterocycles. The van der Waals surface area contributed by atoms with Gasteiger partial charge in [-0.3, -0.25) is 4.98 Å². The fourth-order valence-electron chi connectivity index (χ4n) is 1.38. The molecule has 1 N–H and O–H groups in total. The summed E-state index contributed by atoms with van der Waals surface area (Å²) in [4.78, 5) is 8.06. The van der Waals surface area contributed by atoms with Crippen molar-refractivity contribution in [2.24, 2.45) is 0 Å². The first-order chi connectivity index (χ1) is 8.26. The van der Waals surface area contributed by atoms with Crippen LogP contribution in [0.3, 0.4) is 0 Å². The third-order valence-corrected chi connectivity index (χ3v) is 2.36. The van der Waals surface area contributed by atoms with Gasteiger partial charge in [0.2, 0.25) is 5.82 Å². The molecule has 0 aliphatic rings. The highest BCUT2D eigenvalue weighted by atomic mass is 16.5. The van der Waals surface area contributed by atoms with Crippen LogP contribution in [0, 0.1) is 0 Å². The van der Waals surface area contributed by atoms with Gasteiger partial charge >= 0.3 is 0 Å². The van der Waals surface area contributed by atoms with Gasteiger partial charge in [-0.25, -0.2) is 0 Å². The van der Waals surface area contributed by atoms with Crippen LogP contribution < -0.4 is 4.74 Å². The van der Waals surface area contributed by atoms with Gasteiger partial charge in [-0.05, 0) is 12.5 Å². The van der Waals surface area contributed by atoms with Crippen LogP contribution in [0.15, 0.2) is 23.0 Å². The van der Waals surface area contributed by atoms with Crippen LogP contribution in [0.1, 0.15) is 25.3 Å². The van der Waals surface area contributed by atoms with Crippen molar-refractivity contribution in [2.75, 3.05) is 7.11 Å². The van der Waals surface area contributed by atoms with Crippen molar-refractivity contribution < 1.29 is 14.4 Å². The van der Waals surface area contributed by atoms with Crippen molar-refractivity contribution in [1.82, 2.24) is 15.1 Å². The quantitative estimate of drug-likeness (QED) is 0.866. The zero-order chi connectivity index (χ0) is 12.3. The Balaban J connectivity index is 2.37. The van der Waals surface area contributed by atoms with E-state index in [1.807, 2.05) is 6.92 Å². The molecular formula is C11H13N3O3. The van der Waals surface area contributed by atoms with E-state index in [0.717, 1.165) is 0 Å². The average Bonchev–Trinajstić information content (AvgIpc) is 2.87. The van der Waals surface area contributed by atoms with Crippen molar-refractivity contribution in [3.05, 3.63) is 24.3 Å². The van der Waals surface area contributed by atoms with E-state index in [2.05, 4.69) is 15.1 Å². The number of aromatic nitrogens is 3. The highest BCUT2D eigenvalue weighted by Crippen LogP contribution is 2.28. The number of rotatable bonds is 4. The van der Waals surface area contributed by atoms with Gasteiger partial charge in [-0.1, -0.05) is 12.1 Å². The fraction of sp³-hybridized carbons (Fsp3) is 0.364. The first kappa shape index (κ1) is 11.5. The molecule has 2 heterocycles. The van der Waals surface area contributed by atoms with Gasteiger partial charge in [0.05, 0.1) is 18.9 Å². The van der Waals surface area contributed by atoms with Gasteiger partial charge in [0.1, 0.15) is 11.9 Å². The van der Waals surface area contributed by atoms with E-state index in [4.69, 9.17) is 9.26 Å². The minimum absolute atomic E-state index is 0.279. The van der Waals surface area contributed by atoms with Gasteiger partial charge in [0.25, 0.3) is 5.89 Å². The zero-order valence-corrected chi connectivity index (χ0v) is 9.62. The van der Waals surface area contributed by atoms with Crippen molar-refractivity contribution >= 4 is 0 Å². The second kappa shape index (κ2) is 4.92. The lowest BCUT2D eigenvalue weighted by Gasteiger charge is -2.02. The molecule has 2 rings (SSSR count). The molecule has 1 atom stereocenters. The summed E-state index contributed by atoms with van der Waals surface area (Å²) in [6.07, 6.45) is 3.00. The number of nitrogens with zero attached hydrogens (tertiary/aromatic N) is 3. The molecule has 17 heavy (non-hydrogen) atoms. The van der Waals surface area contributed by atoms with Crippen LogP contribution in [-0.4, -0.2) is 27.3 Å². The van der Waals surface area contributed by atoms with Gasteiger partial charge in [-0.2, -0.15) is 4.98 Å². The highest BCUT2D eigenvalue weighted by Gasteiger charge is 2.17.